The SMILES string of the molecule is Cn1cnc(N2CC3CCC3C2)n1. The van der Waals surface area contributed by atoms with Crippen LogP contribution in [0, 0.1) is 11.8 Å². The Morgan fingerprint density at radius 3 is 2.46 bits per heavy atom. The Kier molecular flexibility index (Phi) is 1.39. The number of aromatic nitrogens is 3. The molecule has 0 N–H and O–H groups in total. The fourth-order valence-corrected chi connectivity index (χ4v) is 2.40. The third kappa shape index (κ3) is 1.04. The van der Waals surface area contributed by atoms with Crippen molar-refractivity contribution in [1.29, 1.82) is 0 Å². The maximum atomic E-state index is 4.32. The largest absolute Gasteiger partial charge is 0.339 e. The van der Waals surface area contributed by atoms with E-state index in [4.69, 9.17) is 0 Å². The van der Waals surface area contributed by atoms with Crippen LogP contribution >= 0.6 is 0 Å². The molecular weight excluding hydrogens is 164 g/mol. The number of nitrogens with zero attached hydrogens (tertiary/aromatic N) is 4. The highest BCUT2D eigenvalue weighted by Gasteiger charge is 2.40. The quantitative estimate of drug-likeness (QED) is 0.633. The molecule has 1 aliphatic heterocycles. The van der Waals surface area contributed by atoms with E-state index in [0.717, 1.165) is 17.8 Å². The highest BCUT2D eigenvalue weighted by Crippen LogP contribution is 2.41. The van der Waals surface area contributed by atoms with Gasteiger partial charge < -0.3 is 4.90 Å². The second kappa shape index (κ2) is 2.47. The van der Waals surface area contributed by atoms with E-state index in [2.05, 4.69) is 15.0 Å². The lowest BCUT2D eigenvalue weighted by Gasteiger charge is -2.27. The number of aryl methyl sites for hydroxylation is 1. The summed E-state index contributed by atoms with van der Waals surface area (Å²) >= 11 is 0. The molecule has 13 heavy (non-hydrogen) atoms. The Hall–Kier alpha value is -1.06. The molecule has 2 fully saturated rings. The molecule has 1 aromatic rings. The summed E-state index contributed by atoms with van der Waals surface area (Å²) in [4.78, 5) is 6.59. The van der Waals surface area contributed by atoms with Gasteiger partial charge in [0.25, 0.3) is 0 Å². The zero-order valence-corrected chi connectivity index (χ0v) is 7.85. The smallest absolute Gasteiger partial charge is 0.244 e. The first-order valence-corrected chi connectivity index (χ1v) is 4.93. The van der Waals surface area contributed by atoms with Crippen LogP contribution in [0.3, 0.4) is 0 Å². The van der Waals surface area contributed by atoms with Gasteiger partial charge in [0.05, 0.1) is 0 Å². The van der Waals surface area contributed by atoms with Gasteiger partial charge in [0.15, 0.2) is 0 Å². The number of hydrogen-bond donors (Lipinski definition) is 0. The molecule has 0 amide bonds. The first kappa shape index (κ1) is 7.35. The Bertz CT molecular complexity index is 307. The molecule has 4 heteroatoms. The zero-order valence-electron chi connectivity index (χ0n) is 7.85. The Labute approximate surface area is 77.6 Å². The first-order valence-electron chi connectivity index (χ1n) is 4.93. The number of fused-ring (bicyclic) bond motifs is 1. The average Bonchev–Trinajstić information content (AvgIpc) is 2.59. The van der Waals surface area contributed by atoms with Gasteiger partial charge in [-0.2, -0.15) is 0 Å². The minimum atomic E-state index is 0.914. The molecule has 0 spiro atoms. The molecule has 1 saturated heterocycles. The van der Waals surface area contributed by atoms with E-state index < -0.39 is 0 Å². The summed E-state index contributed by atoms with van der Waals surface area (Å²) in [6.45, 7) is 2.35. The van der Waals surface area contributed by atoms with Gasteiger partial charge in [-0.25, -0.2) is 4.98 Å². The molecule has 1 aliphatic carbocycles. The second-order valence-corrected chi connectivity index (χ2v) is 4.22. The number of hydrogen-bond acceptors (Lipinski definition) is 3. The van der Waals surface area contributed by atoms with E-state index >= 15 is 0 Å². The van der Waals surface area contributed by atoms with Crippen LogP contribution in [0.4, 0.5) is 5.95 Å². The van der Waals surface area contributed by atoms with Gasteiger partial charge in [-0.1, -0.05) is 0 Å². The summed E-state index contributed by atoms with van der Waals surface area (Å²) in [5.74, 6) is 2.78. The van der Waals surface area contributed by atoms with Crippen LogP contribution in [0.15, 0.2) is 6.33 Å². The third-order valence-electron chi connectivity index (χ3n) is 3.36. The molecule has 1 aromatic heterocycles. The standard InChI is InChI=1S/C9H14N4/c1-12-6-10-9(11-12)13-4-7-2-3-8(7)5-13/h6-8H,2-5H2,1H3. The van der Waals surface area contributed by atoms with Gasteiger partial charge >= 0.3 is 0 Å². The van der Waals surface area contributed by atoms with Crippen LogP contribution in [0.5, 0.6) is 0 Å². The summed E-state index contributed by atoms with van der Waals surface area (Å²) in [6.07, 6.45) is 4.59. The predicted molar refractivity (Wildman–Crippen MR) is 49.4 cm³/mol. The maximum absolute atomic E-state index is 4.32. The van der Waals surface area contributed by atoms with Crippen molar-refractivity contribution >= 4 is 5.95 Å². The number of anilines is 1. The summed E-state index contributed by atoms with van der Waals surface area (Å²) in [6, 6.07) is 0. The fourth-order valence-electron chi connectivity index (χ4n) is 2.40. The van der Waals surface area contributed by atoms with E-state index in [9.17, 15) is 0 Å². The highest BCUT2D eigenvalue weighted by molar-refractivity contribution is 5.31. The van der Waals surface area contributed by atoms with E-state index in [1.807, 2.05) is 7.05 Å². The van der Waals surface area contributed by atoms with E-state index in [0.29, 0.717) is 0 Å². The average molecular weight is 178 g/mol. The van der Waals surface area contributed by atoms with Gasteiger partial charge in [-0.3, -0.25) is 4.68 Å². The molecule has 0 bridgehead atoms. The van der Waals surface area contributed by atoms with Gasteiger partial charge in [-0.05, 0) is 24.7 Å². The van der Waals surface area contributed by atoms with Crippen molar-refractivity contribution in [1.82, 2.24) is 14.8 Å². The molecule has 2 unspecified atom stereocenters. The maximum Gasteiger partial charge on any atom is 0.244 e. The van der Waals surface area contributed by atoms with E-state index in [-0.39, 0.29) is 0 Å². The van der Waals surface area contributed by atoms with Crippen LogP contribution in [0.25, 0.3) is 0 Å². The Balaban J connectivity index is 1.79. The van der Waals surface area contributed by atoms with Crippen molar-refractivity contribution in [3.63, 3.8) is 0 Å². The molecule has 0 radical (unpaired) electrons. The summed E-state index contributed by atoms with van der Waals surface area (Å²) in [5, 5.41) is 4.32. The van der Waals surface area contributed by atoms with Crippen molar-refractivity contribution in [3.8, 4) is 0 Å². The molecule has 70 valence electrons. The van der Waals surface area contributed by atoms with E-state index in [1.165, 1.54) is 25.9 Å². The van der Waals surface area contributed by atoms with Crippen molar-refractivity contribution in [2.45, 2.75) is 12.8 Å². The van der Waals surface area contributed by atoms with Crippen LogP contribution in [-0.4, -0.2) is 27.9 Å². The topological polar surface area (TPSA) is 34.0 Å². The zero-order chi connectivity index (χ0) is 8.84. The summed E-state index contributed by atoms with van der Waals surface area (Å²) in [5.41, 5.74) is 0. The second-order valence-electron chi connectivity index (χ2n) is 4.22. The van der Waals surface area contributed by atoms with Crippen molar-refractivity contribution in [2.24, 2.45) is 18.9 Å². The minimum Gasteiger partial charge on any atom is -0.339 e. The van der Waals surface area contributed by atoms with Crippen molar-refractivity contribution in [3.05, 3.63) is 6.33 Å². The summed E-state index contributed by atoms with van der Waals surface area (Å²) in [7, 11) is 1.92. The third-order valence-corrected chi connectivity index (χ3v) is 3.36. The molecular formula is C9H14N4. The fraction of sp³-hybridized carbons (Fsp3) is 0.778. The lowest BCUT2D eigenvalue weighted by molar-refractivity contribution is 0.243. The van der Waals surface area contributed by atoms with E-state index in [1.54, 1.807) is 11.0 Å². The van der Waals surface area contributed by atoms with Gasteiger partial charge in [0, 0.05) is 20.1 Å². The molecule has 2 heterocycles. The Morgan fingerprint density at radius 2 is 2.00 bits per heavy atom. The molecule has 0 aromatic carbocycles. The molecule has 1 saturated carbocycles. The van der Waals surface area contributed by atoms with Crippen LogP contribution < -0.4 is 4.90 Å². The molecule has 2 aliphatic rings. The monoisotopic (exact) mass is 178 g/mol. The van der Waals surface area contributed by atoms with Gasteiger partial charge in [-0.15, -0.1) is 5.10 Å². The highest BCUT2D eigenvalue weighted by atomic mass is 15.4. The normalized spacial score (nSPS) is 31.6. The Morgan fingerprint density at radius 1 is 1.31 bits per heavy atom. The van der Waals surface area contributed by atoms with Gasteiger partial charge in [0.1, 0.15) is 6.33 Å². The van der Waals surface area contributed by atoms with Crippen molar-refractivity contribution < 1.29 is 0 Å². The molecule has 2 atom stereocenters. The number of rotatable bonds is 1. The first-order chi connectivity index (χ1) is 6.33. The van der Waals surface area contributed by atoms with Gasteiger partial charge in [0.2, 0.25) is 5.95 Å². The van der Waals surface area contributed by atoms with Crippen LogP contribution in [0.2, 0.25) is 0 Å². The lowest BCUT2D eigenvalue weighted by atomic mass is 9.77. The predicted octanol–water partition coefficient (Wildman–Crippen LogP) is 0.661. The van der Waals surface area contributed by atoms with Crippen LogP contribution in [-0.2, 0) is 7.05 Å². The molecule has 4 nitrogen and oxygen atoms in total. The lowest BCUT2D eigenvalue weighted by Crippen LogP contribution is -2.22. The molecule has 3 rings (SSSR count). The van der Waals surface area contributed by atoms with Crippen molar-refractivity contribution in [2.75, 3.05) is 18.0 Å². The summed E-state index contributed by atoms with van der Waals surface area (Å²) < 4.78 is 1.77. The minimum absolute atomic E-state index is 0.914. The van der Waals surface area contributed by atoms with Crippen LogP contribution in [0.1, 0.15) is 12.8 Å².